The van der Waals surface area contributed by atoms with Crippen LogP contribution in [0.2, 0.25) is 0 Å². The summed E-state index contributed by atoms with van der Waals surface area (Å²) in [6, 6.07) is 7.42. The molecule has 1 aromatic carbocycles. The van der Waals surface area contributed by atoms with Crippen molar-refractivity contribution in [2.45, 2.75) is 51.4 Å². The van der Waals surface area contributed by atoms with E-state index < -0.39 is 12.2 Å². The van der Waals surface area contributed by atoms with E-state index in [9.17, 15) is 14.0 Å². The first-order valence-electron chi connectivity index (χ1n) is 9.19. The van der Waals surface area contributed by atoms with Crippen LogP contribution in [-0.2, 0) is 17.8 Å². The zero-order valence-electron chi connectivity index (χ0n) is 14.9. The van der Waals surface area contributed by atoms with Crippen LogP contribution in [0.1, 0.15) is 42.3 Å². The predicted octanol–water partition coefficient (Wildman–Crippen LogP) is 1.85. The Labute approximate surface area is 151 Å². The van der Waals surface area contributed by atoms with Crippen LogP contribution >= 0.6 is 0 Å². The Hall–Kier alpha value is -2.44. The lowest BCUT2D eigenvalue weighted by atomic mass is 10.0. The van der Waals surface area contributed by atoms with Gasteiger partial charge in [-0.25, -0.2) is 13.9 Å². The van der Waals surface area contributed by atoms with Crippen molar-refractivity contribution in [1.82, 2.24) is 19.2 Å². The molecule has 26 heavy (non-hydrogen) atoms. The maximum atomic E-state index is 13.5. The second-order valence-corrected chi connectivity index (χ2v) is 7.29. The monoisotopic (exact) mass is 358 g/mol. The lowest BCUT2D eigenvalue weighted by molar-refractivity contribution is -0.134. The van der Waals surface area contributed by atoms with Gasteiger partial charge in [-0.1, -0.05) is 29.8 Å². The van der Waals surface area contributed by atoms with Gasteiger partial charge in [-0.15, -0.1) is 0 Å². The third-order valence-electron chi connectivity index (χ3n) is 5.31. The summed E-state index contributed by atoms with van der Waals surface area (Å²) in [5, 5.41) is 4.46. The highest BCUT2D eigenvalue weighted by Gasteiger charge is 2.36. The Morgan fingerprint density at radius 1 is 1.27 bits per heavy atom. The van der Waals surface area contributed by atoms with Gasteiger partial charge in [-0.05, 0) is 31.7 Å². The SMILES string of the molecule is Cc1ccc(Cn2nc3n(c2=O)C(C(=O)N2CCC(F)C2)CCC3)cc1. The molecule has 0 radical (unpaired) electrons. The van der Waals surface area contributed by atoms with Gasteiger partial charge in [0.1, 0.15) is 18.0 Å². The van der Waals surface area contributed by atoms with Gasteiger partial charge >= 0.3 is 5.69 Å². The quantitative estimate of drug-likeness (QED) is 0.841. The smallest absolute Gasteiger partial charge is 0.338 e. The molecule has 0 bridgehead atoms. The summed E-state index contributed by atoms with van der Waals surface area (Å²) in [4.78, 5) is 27.3. The van der Waals surface area contributed by atoms with Crippen molar-refractivity contribution in [3.8, 4) is 0 Å². The van der Waals surface area contributed by atoms with E-state index in [1.54, 1.807) is 4.90 Å². The van der Waals surface area contributed by atoms with Crippen molar-refractivity contribution < 1.29 is 9.18 Å². The highest BCUT2D eigenvalue weighted by Crippen LogP contribution is 2.26. The number of amides is 1. The summed E-state index contributed by atoms with van der Waals surface area (Å²) in [6.45, 7) is 2.97. The van der Waals surface area contributed by atoms with E-state index in [-0.39, 0.29) is 18.1 Å². The van der Waals surface area contributed by atoms with Crippen molar-refractivity contribution in [1.29, 1.82) is 0 Å². The average Bonchev–Trinajstić information content (AvgIpc) is 3.20. The van der Waals surface area contributed by atoms with Gasteiger partial charge in [0.2, 0.25) is 5.91 Å². The summed E-state index contributed by atoms with van der Waals surface area (Å²) in [7, 11) is 0. The van der Waals surface area contributed by atoms with Crippen LogP contribution < -0.4 is 5.69 Å². The zero-order valence-corrected chi connectivity index (χ0v) is 14.9. The fourth-order valence-corrected chi connectivity index (χ4v) is 3.86. The number of fused-ring (bicyclic) bond motifs is 1. The summed E-state index contributed by atoms with van der Waals surface area (Å²) in [6.07, 6.45) is 1.53. The molecule has 2 aromatic rings. The first-order valence-corrected chi connectivity index (χ1v) is 9.19. The number of likely N-dealkylation sites (tertiary alicyclic amines) is 1. The molecule has 2 atom stereocenters. The molecular weight excluding hydrogens is 335 g/mol. The molecule has 0 aliphatic carbocycles. The molecule has 1 aromatic heterocycles. The fourth-order valence-electron chi connectivity index (χ4n) is 3.86. The molecule has 6 nitrogen and oxygen atoms in total. The summed E-state index contributed by atoms with van der Waals surface area (Å²) in [5.41, 5.74) is 1.90. The minimum absolute atomic E-state index is 0.136. The largest absolute Gasteiger partial charge is 0.346 e. The second kappa shape index (κ2) is 6.70. The third-order valence-corrected chi connectivity index (χ3v) is 5.31. The number of alkyl halides is 1. The molecule has 0 N–H and O–H groups in total. The van der Waals surface area contributed by atoms with E-state index in [0.717, 1.165) is 17.5 Å². The normalized spacial score (nSPS) is 22.5. The highest BCUT2D eigenvalue weighted by molar-refractivity contribution is 5.81. The van der Waals surface area contributed by atoms with Gasteiger partial charge in [0.05, 0.1) is 13.1 Å². The van der Waals surface area contributed by atoms with Crippen LogP contribution in [0.3, 0.4) is 0 Å². The fraction of sp³-hybridized carbons (Fsp3) is 0.526. The molecule has 1 amide bonds. The van der Waals surface area contributed by atoms with Crippen LogP contribution in [0.15, 0.2) is 29.1 Å². The minimum Gasteiger partial charge on any atom is -0.338 e. The number of nitrogens with zero attached hydrogens (tertiary/aromatic N) is 4. The Morgan fingerprint density at radius 2 is 2.04 bits per heavy atom. The lowest BCUT2D eigenvalue weighted by Crippen LogP contribution is -2.41. The van der Waals surface area contributed by atoms with Crippen LogP contribution in [-0.4, -0.2) is 44.4 Å². The highest BCUT2D eigenvalue weighted by atomic mass is 19.1. The molecule has 138 valence electrons. The number of aryl methyl sites for hydroxylation is 2. The second-order valence-electron chi connectivity index (χ2n) is 7.29. The van der Waals surface area contributed by atoms with E-state index in [1.807, 2.05) is 31.2 Å². The molecule has 0 spiro atoms. The Balaban J connectivity index is 1.62. The number of rotatable bonds is 3. The van der Waals surface area contributed by atoms with Crippen molar-refractivity contribution >= 4 is 5.91 Å². The van der Waals surface area contributed by atoms with Crippen molar-refractivity contribution in [3.63, 3.8) is 0 Å². The number of hydrogen-bond donors (Lipinski definition) is 0. The summed E-state index contributed by atoms with van der Waals surface area (Å²) in [5.74, 6) is 0.505. The summed E-state index contributed by atoms with van der Waals surface area (Å²) >= 11 is 0. The maximum absolute atomic E-state index is 13.5. The van der Waals surface area contributed by atoms with Crippen LogP contribution in [0.5, 0.6) is 0 Å². The Kier molecular flexibility index (Phi) is 4.38. The topological polar surface area (TPSA) is 60.1 Å². The van der Waals surface area contributed by atoms with Crippen molar-refractivity contribution in [2.75, 3.05) is 13.1 Å². The predicted molar refractivity (Wildman–Crippen MR) is 94.8 cm³/mol. The van der Waals surface area contributed by atoms with Crippen molar-refractivity contribution in [3.05, 3.63) is 51.7 Å². The molecule has 4 rings (SSSR count). The van der Waals surface area contributed by atoms with E-state index in [1.165, 1.54) is 9.25 Å². The molecule has 1 fully saturated rings. The van der Waals surface area contributed by atoms with E-state index in [4.69, 9.17) is 0 Å². The zero-order chi connectivity index (χ0) is 18.3. The number of carbonyl (C=O) groups excluding carboxylic acids is 1. The molecule has 2 aliphatic rings. The molecule has 2 aliphatic heterocycles. The molecule has 3 heterocycles. The van der Waals surface area contributed by atoms with E-state index in [2.05, 4.69) is 5.10 Å². The number of carbonyl (C=O) groups is 1. The molecular formula is C19H23FN4O2. The molecule has 7 heteroatoms. The number of hydrogen-bond acceptors (Lipinski definition) is 3. The Morgan fingerprint density at radius 3 is 2.73 bits per heavy atom. The van der Waals surface area contributed by atoms with Gasteiger partial charge < -0.3 is 4.90 Å². The Bertz CT molecular complexity index is 871. The first-order chi connectivity index (χ1) is 12.5. The van der Waals surface area contributed by atoms with Crippen LogP contribution in [0, 0.1) is 6.92 Å². The third kappa shape index (κ3) is 3.06. The molecule has 1 saturated heterocycles. The van der Waals surface area contributed by atoms with Gasteiger partial charge in [-0.3, -0.25) is 9.36 Å². The molecule has 2 unspecified atom stereocenters. The molecule has 0 saturated carbocycles. The number of benzene rings is 1. The van der Waals surface area contributed by atoms with Gasteiger partial charge in [0, 0.05) is 13.0 Å². The van der Waals surface area contributed by atoms with E-state index in [0.29, 0.717) is 38.2 Å². The summed E-state index contributed by atoms with van der Waals surface area (Å²) < 4.78 is 16.4. The van der Waals surface area contributed by atoms with E-state index >= 15 is 0 Å². The average molecular weight is 358 g/mol. The van der Waals surface area contributed by atoms with Crippen molar-refractivity contribution in [2.24, 2.45) is 0 Å². The number of halogens is 1. The van der Waals surface area contributed by atoms with Gasteiger partial charge in [0.15, 0.2) is 0 Å². The van der Waals surface area contributed by atoms with Crippen LogP contribution in [0.25, 0.3) is 0 Å². The van der Waals surface area contributed by atoms with Gasteiger partial charge in [-0.2, -0.15) is 5.10 Å². The standard InChI is InChI=1S/C19H23FN4O2/c1-13-5-7-14(8-6-13)11-23-19(26)24-16(3-2-4-17(24)21-23)18(25)22-10-9-15(20)12-22/h5-8,15-16H,2-4,9-12H2,1H3. The van der Waals surface area contributed by atoms with Gasteiger partial charge in [0.25, 0.3) is 0 Å². The lowest BCUT2D eigenvalue weighted by Gasteiger charge is -2.26. The first kappa shape index (κ1) is 17.0. The maximum Gasteiger partial charge on any atom is 0.346 e. The minimum atomic E-state index is -0.956. The number of aromatic nitrogens is 3. The van der Waals surface area contributed by atoms with Crippen LogP contribution in [0.4, 0.5) is 4.39 Å².